The molecular weight excluding hydrogens is 539 g/mol. The van der Waals surface area contributed by atoms with Crippen LogP contribution in [0.1, 0.15) is 59.2 Å². The number of aromatic nitrogens is 1. The highest BCUT2D eigenvalue weighted by Gasteiger charge is 2.48. The number of esters is 1. The Morgan fingerprint density at radius 3 is 2.48 bits per heavy atom. The molecule has 2 heterocycles. The Bertz CT molecular complexity index is 1470. The number of unbranched alkanes of at least 4 members (excludes halogenated alkanes) is 1. The molecule has 11 heteroatoms. The van der Waals surface area contributed by atoms with Gasteiger partial charge in [-0.05, 0) is 62.2 Å². The third-order valence-electron chi connectivity index (χ3n) is 6.26. The van der Waals surface area contributed by atoms with Crippen LogP contribution in [-0.2, 0) is 14.3 Å². The van der Waals surface area contributed by atoms with Gasteiger partial charge in [-0.3, -0.25) is 14.5 Å². The maximum Gasteiger partial charge on any atom is 0.350 e. The number of thiazole rings is 1. The number of halogens is 1. The lowest BCUT2D eigenvalue weighted by atomic mass is 9.95. The minimum atomic E-state index is -1.13. The smallest absolute Gasteiger partial charge is 0.350 e. The van der Waals surface area contributed by atoms with Crippen LogP contribution in [0.2, 0.25) is 0 Å². The highest BCUT2D eigenvalue weighted by molar-refractivity contribution is 7.17. The first-order chi connectivity index (χ1) is 19.2. The quantitative estimate of drug-likeness (QED) is 0.111. The van der Waals surface area contributed by atoms with Crippen LogP contribution in [0.4, 0.5) is 9.52 Å². The average molecular weight is 569 g/mol. The number of aliphatic hydroxyl groups excluding tert-OH is 1. The molecular formula is C29H29FN2O7S. The third kappa shape index (κ3) is 5.55. The van der Waals surface area contributed by atoms with Crippen molar-refractivity contribution in [3.05, 3.63) is 75.6 Å². The molecule has 1 aliphatic heterocycles. The zero-order valence-electron chi connectivity index (χ0n) is 22.5. The van der Waals surface area contributed by atoms with Crippen molar-refractivity contribution in [1.29, 1.82) is 0 Å². The number of ketones is 1. The Morgan fingerprint density at radius 2 is 1.82 bits per heavy atom. The molecule has 40 heavy (non-hydrogen) atoms. The van der Waals surface area contributed by atoms with E-state index in [1.807, 2.05) is 13.8 Å². The van der Waals surface area contributed by atoms with Crippen molar-refractivity contribution in [2.45, 2.75) is 39.7 Å². The number of hydrogen-bond acceptors (Lipinski definition) is 9. The molecule has 1 unspecified atom stereocenters. The molecule has 1 amide bonds. The normalized spacial score (nSPS) is 16.3. The maximum atomic E-state index is 13.6. The van der Waals surface area contributed by atoms with Crippen LogP contribution in [0.15, 0.2) is 48.0 Å². The van der Waals surface area contributed by atoms with Gasteiger partial charge in [0.2, 0.25) is 0 Å². The van der Waals surface area contributed by atoms with E-state index in [1.165, 1.54) is 19.2 Å². The summed E-state index contributed by atoms with van der Waals surface area (Å²) in [5.74, 6) is -2.65. The van der Waals surface area contributed by atoms with Crippen LogP contribution in [0.3, 0.4) is 0 Å². The second kappa shape index (κ2) is 12.3. The van der Waals surface area contributed by atoms with E-state index in [0.29, 0.717) is 36.0 Å². The number of aliphatic hydroxyl groups is 1. The number of rotatable bonds is 10. The number of Topliss-reactive ketones (excluding diaryl/α,β-unsaturated/α-hetero) is 1. The number of methoxy groups -OCH3 is 1. The van der Waals surface area contributed by atoms with Gasteiger partial charge in [-0.1, -0.05) is 30.7 Å². The summed E-state index contributed by atoms with van der Waals surface area (Å²) >= 11 is 0.894. The summed E-state index contributed by atoms with van der Waals surface area (Å²) < 4.78 is 30.1. The van der Waals surface area contributed by atoms with Gasteiger partial charge >= 0.3 is 11.9 Å². The molecule has 0 bridgehead atoms. The van der Waals surface area contributed by atoms with E-state index in [9.17, 15) is 23.9 Å². The second-order valence-electron chi connectivity index (χ2n) is 8.92. The van der Waals surface area contributed by atoms with Gasteiger partial charge in [0.1, 0.15) is 16.5 Å². The highest BCUT2D eigenvalue weighted by atomic mass is 32.1. The zero-order chi connectivity index (χ0) is 29.0. The fraction of sp³-hybridized carbons (Fsp3) is 0.310. The van der Waals surface area contributed by atoms with Crippen LogP contribution in [0, 0.1) is 12.7 Å². The van der Waals surface area contributed by atoms with Crippen LogP contribution in [0.5, 0.6) is 11.5 Å². The Morgan fingerprint density at radius 1 is 1.10 bits per heavy atom. The summed E-state index contributed by atoms with van der Waals surface area (Å²) in [6, 6.07) is 8.78. The fourth-order valence-electron chi connectivity index (χ4n) is 4.28. The van der Waals surface area contributed by atoms with Crippen molar-refractivity contribution in [1.82, 2.24) is 4.98 Å². The molecule has 2 aromatic carbocycles. The minimum Gasteiger partial charge on any atom is -0.507 e. The van der Waals surface area contributed by atoms with E-state index >= 15 is 0 Å². The molecule has 0 spiro atoms. The van der Waals surface area contributed by atoms with Gasteiger partial charge in [0.25, 0.3) is 5.78 Å². The first-order valence-corrected chi connectivity index (χ1v) is 13.6. The Kier molecular flexibility index (Phi) is 8.83. The molecule has 0 radical (unpaired) electrons. The summed E-state index contributed by atoms with van der Waals surface area (Å²) in [5, 5.41) is 11.3. The van der Waals surface area contributed by atoms with E-state index in [-0.39, 0.29) is 21.1 Å². The second-order valence-corrected chi connectivity index (χ2v) is 9.90. The van der Waals surface area contributed by atoms with Gasteiger partial charge in [0.05, 0.1) is 37.6 Å². The number of amides is 1. The van der Waals surface area contributed by atoms with Crippen LogP contribution in [-0.4, -0.2) is 48.1 Å². The molecule has 1 N–H and O–H groups in total. The van der Waals surface area contributed by atoms with Crippen LogP contribution < -0.4 is 14.4 Å². The van der Waals surface area contributed by atoms with Crippen molar-refractivity contribution in [3.63, 3.8) is 0 Å². The topological polar surface area (TPSA) is 115 Å². The monoisotopic (exact) mass is 568 g/mol. The van der Waals surface area contributed by atoms with E-state index in [0.717, 1.165) is 41.2 Å². The van der Waals surface area contributed by atoms with Gasteiger partial charge < -0.3 is 19.3 Å². The van der Waals surface area contributed by atoms with Gasteiger partial charge in [0, 0.05) is 5.56 Å². The SMILES string of the molecule is CCCCOc1ccc(C2/C(=C(\O)c3ccc(F)cc3)C(=O)C(=O)N2c2nc(C)c(C(=O)OC)s2)cc1OCC. The van der Waals surface area contributed by atoms with Gasteiger partial charge in [0.15, 0.2) is 16.6 Å². The number of hydrogen-bond donors (Lipinski definition) is 1. The number of carbonyl (C=O) groups is 3. The van der Waals surface area contributed by atoms with E-state index in [1.54, 1.807) is 25.1 Å². The van der Waals surface area contributed by atoms with Crippen molar-refractivity contribution >= 4 is 39.9 Å². The molecule has 1 aliphatic rings. The molecule has 1 saturated heterocycles. The molecule has 1 atom stereocenters. The Hall–Kier alpha value is -4.25. The molecule has 9 nitrogen and oxygen atoms in total. The number of anilines is 1. The summed E-state index contributed by atoms with van der Waals surface area (Å²) in [5.41, 5.74) is 0.688. The molecule has 210 valence electrons. The van der Waals surface area contributed by atoms with E-state index in [4.69, 9.17) is 14.2 Å². The Balaban J connectivity index is 1.91. The predicted octanol–water partition coefficient (Wildman–Crippen LogP) is 5.58. The van der Waals surface area contributed by atoms with Crippen LogP contribution in [0.25, 0.3) is 5.76 Å². The third-order valence-corrected chi connectivity index (χ3v) is 7.40. The fourth-order valence-corrected chi connectivity index (χ4v) is 5.30. The minimum absolute atomic E-state index is 0.0735. The zero-order valence-corrected chi connectivity index (χ0v) is 23.3. The number of aryl methyl sites for hydroxylation is 1. The van der Waals surface area contributed by atoms with E-state index < -0.39 is 35.3 Å². The molecule has 0 aliphatic carbocycles. The van der Waals surface area contributed by atoms with Crippen molar-refractivity contribution < 1.29 is 38.1 Å². The van der Waals surface area contributed by atoms with Crippen molar-refractivity contribution in [2.75, 3.05) is 25.2 Å². The van der Waals surface area contributed by atoms with Gasteiger partial charge in [-0.15, -0.1) is 0 Å². The molecule has 4 rings (SSSR count). The summed E-state index contributed by atoms with van der Waals surface area (Å²) in [7, 11) is 1.23. The lowest BCUT2D eigenvalue weighted by molar-refractivity contribution is -0.132. The molecule has 3 aromatic rings. The number of ether oxygens (including phenoxy) is 3. The predicted molar refractivity (Wildman–Crippen MR) is 147 cm³/mol. The van der Waals surface area contributed by atoms with Crippen molar-refractivity contribution in [3.8, 4) is 11.5 Å². The molecule has 0 saturated carbocycles. The largest absolute Gasteiger partial charge is 0.507 e. The maximum absolute atomic E-state index is 13.6. The molecule has 1 aromatic heterocycles. The molecule has 1 fully saturated rings. The van der Waals surface area contributed by atoms with Crippen molar-refractivity contribution in [2.24, 2.45) is 0 Å². The summed E-state index contributed by atoms with van der Waals surface area (Å²) in [6.07, 6.45) is 1.79. The lowest BCUT2D eigenvalue weighted by Crippen LogP contribution is -2.29. The first-order valence-electron chi connectivity index (χ1n) is 12.7. The summed E-state index contributed by atoms with van der Waals surface area (Å²) in [6.45, 7) is 6.26. The first kappa shape index (κ1) is 28.8. The van der Waals surface area contributed by atoms with Gasteiger partial charge in [-0.25, -0.2) is 14.2 Å². The lowest BCUT2D eigenvalue weighted by Gasteiger charge is -2.24. The summed E-state index contributed by atoms with van der Waals surface area (Å²) in [4.78, 5) is 44.9. The van der Waals surface area contributed by atoms with Crippen LogP contribution >= 0.6 is 11.3 Å². The van der Waals surface area contributed by atoms with Gasteiger partial charge in [-0.2, -0.15) is 0 Å². The number of benzene rings is 2. The number of nitrogens with zero attached hydrogens (tertiary/aromatic N) is 2. The standard InChI is InChI=1S/C29H29FN2O7S/c1-5-7-14-39-20-13-10-18(15-21(20)38-6-2)23-22(24(33)17-8-11-19(30)12-9-17)25(34)27(35)32(23)29-31-16(3)26(40-29)28(36)37-4/h8-13,15,23,33H,5-7,14H2,1-4H3/b24-22+. The Labute approximate surface area is 234 Å². The average Bonchev–Trinajstić information content (AvgIpc) is 3.45. The van der Waals surface area contributed by atoms with E-state index in [2.05, 4.69) is 4.98 Å². The highest BCUT2D eigenvalue weighted by Crippen LogP contribution is 2.45. The number of carbonyl (C=O) groups excluding carboxylic acids is 3.